The Hall–Kier alpha value is -2.28. The number of nitriles is 1. The molecule has 0 unspecified atom stereocenters. The van der Waals surface area contributed by atoms with E-state index in [1.807, 2.05) is 31.2 Å². The minimum Gasteiger partial charge on any atom is -0.291 e. The predicted octanol–water partition coefficient (Wildman–Crippen LogP) is 2.34. The lowest BCUT2D eigenvalue weighted by Crippen LogP contribution is -2.06. The Morgan fingerprint density at radius 3 is 2.82 bits per heavy atom. The molecule has 0 atom stereocenters. The fourth-order valence-electron chi connectivity index (χ4n) is 1.73. The van der Waals surface area contributed by atoms with Gasteiger partial charge in [-0.3, -0.25) is 4.79 Å². The number of aromatic nitrogens is 2. The molecule has 0 spiro atoms. The first-order chi connectivity index (χ1) is 8.13. The highest BCUT2D eigenvalue weighted by Gasteiger charge is 2.13. The van der Waals surface area contributed by atoms with Crippen LogP contribution < -0.4 is 0 Å². The van der Waals surface area contributed by atoms with Crippen molar-refractivity contribution < 1.29 is 4.79 Å². The molecule has 2 aromatic rings. The molecule has 0 saturated carbocycles. The minimum absolute atomic E-state index is 0.160. The molecule has 0 aliphatic rings. The normalized spacial score (nSPS) is 10.2. The maximum absolute atomic E-state index is 11.7. The Bertz CT molecular complexity index is 641. The fourth-order valence-corrected chi connectivity index (χ4v) is 1.73. The summed E-state index contributed by atoms with van der Waals surface area (Å²) in [4.78, 5) is 20.4. The van der Waals surface area contributed by atoms with Crippen molar-refractivity contribution in [2.75, 3.05) is 0 Å². The van der Waals surface area contributed by atoms with E-state index in [1.54, 1.807) is 6.92 Å². The van der Waals surface area contributed by atoms with Gasteiger partial charge in [0.25, 0.3) is 0 Å². The maximum atomic E-state index is 11.7. The summed E-state index contributed by atoms with van der Waals surface area (Å²) in [7, 11) is 0. The van der Waals surface area contributed by atoms with Crippen LogP contribution in [0.2, 0.25) is 0 Å². The van der Waals surface area contributed by atoms with E-state index >= 15 is 0 Å². The monoisotopic (exact) mass is 225 g/mol. The zero-order valence-corrected chi connectivity index (χ0v) is 9.69. The molecular weight excluding hydrogens is 214 g/mol. The zero-order chi connectivity index (χ0) is 12.4. The second-order valence-electron chi connectivity index (χ2n) is 3.86. The molecule has 84 valence electrons. The number of benzene rings is 1. The van der Waals surface area contributed by atoms with Crippen LogP contribution in [0.3, 0.4) is 0 Å². The molecule has 2 rings (SSSR count). The van der Waals surface area contributed by atoms with Crippen LogP contribution in [0.5, 0.6) is 0 Å². The highest BCUT2D eigenvalue weighted by Crippen LogP contribution is 2.17. The predicted molar refractivity (Wildman–Crippen MR) is 63.6 cm³/mol. The van der Waals surface area contributed by atoms with Crippen molar-refractivity contribution >= 4 is 16.8 Å². The number of Topliss-reactive ketones (excluding diaryl/α,β-unsaturated/α-hetero) is 1. The van der Waals surface area contributed by atoms with Crippen LogP contribution in [0.15, 0.2) is 18.2 Å². The lowest BCUT2D eigenvalue weighted by Gasteiger charge is -2.05. The van der Waals surface area contributed by atoms with Gasteiger partial charge in [0.1, 0.15) is 12.1 Å². The van der Waals surface area contributed by atoms with Gasteiger partial charge in [-0.1, -0.05) is 12.1 Å². The first kappa shape index (κ1) is 11.2. The van der Waals surface area contributed by atoms with E-state index in [2.05, 4.69) is 9.97 Å². The number of carbonyl (C=O) groups is 1. The Kier molecular flexibility index (Phi) is 2.84. The van der Waals surface area contributed by atoms with E-state index in [4.69, 9.17) is 5.26 Å². The SMILES string of the molecule is Cc1nc2cccc(C)c2nc1C(=O)CC#N. The molecule has 1 heterocycles. The van der Waals surface area contributed by atoms with Gasteiger partial charge in [0.2, 0.25) is 0 Å². The Morgan fingerprint density at radius 1 is 1.35 bits per heavy atom. The Labute approximate surface area is 98.9 Å². The van der Waals surface area contributed by atoms with Gasteiger partial charge in [0.05, 0.1) is 22.8 Å². The van der Waals surface area contributed by atoms with Gasteiger partial charge >= 0.3 is 0 Å². The van der Waals surface area contributed by atoms with Gasteiger partial charge < -0.3 is 0 Å². The lowest BCUT2D eigenvalue weighted by molar-refractivity contribution is 0.0992. The van der Waals surface area contributed by atoms with Crippen LogP contribution in [-0.2, 0) is 0 Å². The summed E-state index contributed by atoms with van der Waals surface area (Å²) < 4.78 is 0. The summed E-state index contributed by atoms with van der Waals surface area (Å²) in [6.07, 6.45) is -0.160. The molecule has 0 radical (unpaired) electrons. The van der Waals surface area contributed by atoms with E-state index in [0.717, 1.165) is 16.6 Å². The van der Waals surface area contributed by atoms with Gasteiger partial charge in [-0.15, -0.1) is 0 Å². The summed E-state index contributed by atoms with van der Waals surface area (Å²) in [5.74, 6) is -0.275. The molecule has 0 fully saturated rings. The zero-order valence-electron chi connectivity index (χ0n) is 9.69. The highest BCUT2D eigenvalue weighted by molar-refractivity contribution is 5.98. The molecule has 4 heteroatoms. The largest absolute Gasteiger partial charge is 0.291 e. The number of fused-ring (bicyclic) bond motifs is 1. The van der Waals surface area contributed by atoms with Gasteiger partial charge in [-0.2, -0.15) is 5.26 Å². The quantitative estimate of drug-likeness (QED) is 0.736. The maximum Gasteiger partial charge on any atom is 0.197 e. The lowest BCUT2D eigenvalue weighted by atomic mass is 10.1. The highest BCUT2D eigenvalue weighted by atomic mass is 16.1. The second kappa shape index (κ2) is 4.30. The van der Waals surface area contributed by atoms with Crippen LogP contribution >= 0.6 is 0 Å². The van der Waals surface area contributed by atoms with E-state index in [0.29, 0.717) is 11.4 Å². The van der Waals surface area contributed by atoms with E-state index in [1.165, 1.54) is 0 Å². The van der Waals surface area contributed by atoms with E-state index < -0.39 is 0 Å². The average molecular weight is 225 g/mol. The molecule has 0 amide bonds. The van der Waals surface area contributed by atoms with Gasteiger partial charge in [0.15, 0.2) is 5.78 Å². The first-order valence-electron chi connectivity index (χ1n) is 5.27. The van der Waals surface area contributed by atoms with Crippen LogP contribution in [0, 0.1) is 25.2 Å². The van der Waals surface area contributed by atoms with Gasteiger partial charge in [0, 0.05) is 0 Å². The van der Waals surface area contributed by atoms with Crippen molar-refractivity contribution in [1.82, 2.24) is 9.97 Å². The standard InChI is InChI=1S/C13H11N3O/c1-8-4-3-5-10-12(8)16-13(9(2)15-10)11(17)6-7-14/h3-5H,6H2,1-2H3. The second-order valence-corrected chi connectivity index (χ2v) is 3.86. The molecule has 0 bridgehead atoms. The number of hydrogen-bond donors (Lipinski definition) is 0. The van der Waals surface area contributed by atoms with E-state index in [-0.39, 0.29) is 12.2 Å². The molecular formula is C13H11N3O. The smallest absolute Gasteiger partial charge is 0.197 e. The number of carbonyl (C=O) groups excluding carboxylic acids is 1. The molecule has 0 saturated heterocycles. The first-order valence-corrected chi connectivity index (χ1v) is 5.27. The number of nitrogens with zero attached hydrogens (tertiary/aromatic N) is 3. The van der Waals surface area contributed by atoms with Crippen molar-refractivity contribution in [3.8, 4) is 6.07 Å². The molecule has 1 aromatic heterocycles. The number of aryl methyl sites for hydroxylation is 2. The summed E-state index contributed by atoms with van der Waals surface area (Å²) in [6.45, 7) is 3.66. The third-order valence-electron chi connectivity index (χ3n) is 2.57. The van der Waals surface area contributed by atoms with Crippen molar-refractivity contribution in [2.45, 2.75) is 20.3 Å². The summed E-state index contributed by atoms with van der Waals surface area (Å²) >= 11 is 0. The summed E-state index contributed by atoms with van der Waals surface area (Å²) in [6, 6.07) is 7.53. The summed E-state index contributed by atoms with van der Waals surface area (Å²) in [5.41, 5.74) is 3.34. The molecule has 0 aliphatic carbocycles. The number of hydrogen-bond acceptors (Lipinski definition) is 4. The molecule has 1 aromatic carbocycles. The number of rotatable bonds is 2. The summed E-state index contributed by atoms with van der Waals surface area (Å²) in [5, 5.41) is 8.54. The van der Waals surface area contributed by atoms with Crippen LogP contribution in [0.25, 0.3) is 11.0 Å². The van der Waals surface area contributed by atoms with Crippen molar-refractivity contribution in [3.63, 3.8) is 0 Å². The molecule has 17 heavy (non-hydrogen) atoms. The minimum atomic E-state index is -0.275. The van der Waals surface area contributed by atoms with Crippen molar-refractivity contribution in [1.29, 1.82) is 5.26 Å². The number of para-hydroxylation sites is 1. The van der Waals surface area contributed by atoms with Gasteiger partial charge in [-0.05, 0) is 25.5 Å². The fraction of sp³-hybridized carbons (Fsp3) is 0.231. The van der Waals surface area contributed by atoms with Crippen molar-refractivity contribution in [2.24, 2.45) is 0 Å². The third kappa shape index (κ3) is 2.00. The van der Waals surface area contributed by atoms with Crippen molar-refractivity contribution in [3.05, 3.63) is 35.2 Å². The Balaban J connectivity index is 2.66. The van der Waals surface area contributed by atoms with E-state index in [9.17, 15) is 4.79 Å². The molecule has 4 nitrogen and oxygen atoms in total. The van der Waals surface area contributed by atoms with Crippen LogP contribution in [-0.4, -0.2) is 15.8 Å². The molecule has 0 N–H and O–H groups in total. The Morgan fingerprint density at radius 2 is 2.12 bits per heavy atom. The molecule has 0 aliphatic heterocycles. The van der Waals surface area contributed by atoms with Gasteiger partial charge in [-0.25, -0.2) is 9.97 Å². The topological polar surface area (TPSA) is 66.6 Å². The van der Waals surface area contributed by atoms with Crippen LogP contribution in [0.4, 0.5) is 0 Å². The van der Waals surface area contributed by atoms with Crippen LogP contribution in [0.1, 0.15) is 28.2 Å². The third-order valence-corrected chi connectivity index (χ3v) is 2.57. The average Bonchev–Trinajstić information content (AvgIpc) is 2.29. The number of ketones is 1.